The topological polar surface area (TPSA) is 45.2 Å². The lowest BCUT2D eigenvalue weighted by Gasteiger charge is -2.35. The van der Waals surface area contributed by atoms with Crippen LogP contribution in [0.1, 0.15) is 45.1 Å². The van der Waals surface area contributed by atoms with E-state index in [0.29, 0.717) is 6.04 Å². The molecule has 2 heterocycles. The second-order valence-corrected chi connectivity index (χ2v) is 6.37. The largest absolute Gasteiger partial charge is 0.351 e. The summed E-state index contributed by atoms with van der Waals surface area (Å²) in [5, 5.41) is 8.57. The quantitative estimate of drug-likeness (QED) is 0.811. The molecule has 5 heteroatoms. The van der Waals surface area contributed by atoms with Gasteiger partial charge in [0.05, 0.1) is 6.20 Å². The van der Waals surface area contributed by atoms with Gasteiger partial charge in [-0.15, -0.1) is 5.10 Å². The molecular formula is C19H27N5. The zero-order chi connectivity index (χ0) is 16.8. The van der Waals surface area contributed by atoms with Crippen LogP contribution >= 0.6 is 0 Å². The number of hydrogen-bond acceptors (Lipinski definition) is 5. The molecule has 0 N–H and O–H groups in total. The minimum Gasteiger partial charge on any atom is -0.351 e. The molecule has 0 radical (unpaired) electrons. The van der Waals surface area contributed by atoms with Crippen molar-refractivity contribution < 1.29 is 0 Å². The normalized spacial score (nSPS) is 17.8. The van der Waals surface area contributed by atoms with Crippen molar-refractivity contribution in [2.24, 2.45) is 0 Å². The van der Waals surface area contributed by atoms with Gasteiger partial charge in [0, 0.05) is 25.7 Å². The lowest BCUT2D eigenvalue weighted by molar-refractivity contribution is 0.441. The fraction of sp³-hybridized carbons (Fsp3) is 0.526. The van der Waals surface area contributed by atoms with Crippen molar-refractivity contribution in [2.45, 2.75) is 52.1 Å². The van der Waals surface area contributed by atoms with Crippen LogP contribution in [0, 0.1) is 0 Å². The monoisotopic (exact) mass is 325 g/mol. The van der Waals surface area contributed by atoms with E-state index in [9.17, 15) is 0 Å². The average Bonchev–Trinajstić information content (AvgIpc) is 2.67. The van der Waals surface area contributed by atoms with Gasteiger partial charge in [-0.25, -0.2) is 0 Å². The molecule has 1 saturated heterocycles. The Morgan fingerprint density at radius 1 is 1.17 bits per heavy atom. The van der Waals surface area contributed by atoms with Crippen molar-refractivity contribution in [3.05, 3.63) is 42.1 Å². The summed E-state index contributed by atoms with van der Waals surface area (Å²) in [6, 6.07) is 11.0. The fourth-order valence-corrected chi connectivity index (χ4v) is 3.41. The van der Waals surface area contributed by atoms with E-state index in [2.05, 4.69) is 58.1 Å². The van der Waals surface area contributed by atoms with E-state index in [4.69, 9.17) is 4.98 Å². The van der Waals surface area contributed by atoms with Gasteiger partial charge in [0.15, 0.2) is 5.82 Å². The summed E-state index contributed by atoms with van der Waals surface area (Å²) in [7, 11) is 0. The Kier molecular flexibility index (Phi) is 5.62. The first kappa shape index (κ1) is 16.7. The maximum atomic E-state index is 4.84. The molecule has 3 rings (SSSR count). The Morgan fingerprint density at radius 2 is 2.00 bits per heavy atom. The first-order valence-electron chi connectivity index (χ1n) is 9.07. The van der Waals surface area contributed by atoms with Crippen LogP contribution in [0.5, 0.6) is 0 Å². The summed E-state index contributed by atoms with van der Waals surface area (Å²) in [5.74, 6) is 1.69. The molecule has 0 aliphatic carbocycles. The van der Waals surface area contributed by atoms with Crippen LogP contribution in [-0.2, 0) is 6.54 Å². The molecule has 1 aromatic heterocycles. The number of hydrogen-bond donors (Lipinski definition) is 0. The minimum absolute atomic E-state index is 0.542. The van der Waals surface area contributed by atoms with Crippen molar-refractivity contribution >= 4 is 11.8 Å². The van der Waals surface area contributed by atoms with Crippen LogP contribution in [0.3, 0.4) is 0 Å². The van der Waals surface area contributed by atoms with Gasteiger partial charge in [0.25, 0.3) is 0 Å². The molecule has 0 amide bonds. The van der Waals surface area contributed by atoms with E-state index >= 15 is 0 Å². The van der Waals surface area contributed by atoms with E-state index in [1.807, 2.05) is 6.07 Å². The van der Waals surface area contributed by atoms with Crippen LogP contribution in [0.4, 0.5) is 11.8 Å². The summed E-state index contributed by atoms with van der Waals surface area (Å²) in [4.78, 5) is 9.43. The highest BCUT2D eigenvalue weighted by Gasteiger charge is 2.24. The highest BCUT2D eigenvalue weighted by molar-refractivity contribution is 5.43. The molecule has 1 atom stereocenters. The predicted octanol–water partition coefficient (Wildman–Crippen LogP) is 3.67. The van der Waals surface area contributed by atoms with Crippen LogP contribution in [0.25, 0.3) is 0 Å². The van der Waals surface area contributed by atoms with Gasteiger partial charge in [-0.3, -0.25) is 0 Å². The Labute approximate surface area is 144 Å². The zero-order valence-corrected chi connectivity index (χ0v) is 14.7. The third-order valence-electron chi connectivity index (χ3n) is 4.81. The standard InChI is InChI=1S/C19H27N5/c1-3-17-12-8-9-13-24(17)19-21-18(14-20-22-19)23(4-2)15-16-10-6-5-7-11-16/h5-7,10-11,14,17H,3-4,8-9,12-13,15H2,1-2H3. The SMILES string of the molecule is CCC1CCCCN1c1nncc(N(CC)Cc2ccccc2)n1. The molecule has 0 spiro atoms. The van der Waals surface area contributed by atoms with Crippen molar-refractivity contribution in [2.75, 3.05) is 22.9 Å². The first-order valence-corrected chi connectivity index (χ1v) is 9.07. The van der Waals surface area contributed by atoms with Gasteiger partial charge < -0.3 is 9.80 Å². The molecule has 2 aromatic rings. The van der Waals surface area contributed by atoms with E-state index in [-0.39, 0.29) is 0 Å². The molecule has 0 saturated carbocycles. The number of rotatable bonds is 6. The molecular weight excluding hydrogens is 298 g/mol. The van der Waals surface area contributed by atoms with Crippen molar-refractivity contribution in [1.29, 1.82) is 0 Å². The van der Waals surface area contributed by atoms with Crippen LogP contribution in [0.15, 0.2) is 36.5 Å². The number of anilines is 2. The van der Waals surface area contributed by atoms with E-state index < -0.39 is 0 Å². The Hall–Kier alpha value is -2.17. The Bertz CT molecular complexity index is 631. The lowest BCUT2D eigenvalue weighted by Crippen LogP contribution is -2.40. The fourth-order valence-electron chi connectivity index (χ4n) is 3.41. The lowest BCUT2D eigenvalue weighted by atomic mass is 10.0. The van der Waals surface area contributed by atoms with Crippen molar-refractivity contribution in [1.82, 2.24) is 15.2 Å². The molecule has 5 nitrogen and oxygen atoms in total. The molecule has 24 heavy (non-hydrogen) atoms. The Morgan fingerprint density at radius 3 is 2.75 bits per heavy atom. The third-order valence-corrected chi connectivity index (χ3v) is 4.81. The van der Waals surface area contributed by atoms with E-state index in [1.54, 1.807) is 6.20 Å². The molecule has 128 valence electrons. The minimum atomic E-state index is 0.542. The average molecular weight is 325 g/mol. The van der Waals surface area contributed by atoms with Gasteiger partial charge in [-0.2, -0.15) is 10.1 Å². The third kappa shape index (κ3) is 3.83. The summed E-state index contributed by atoms with van der Waals surface area (Å²) in [6.07, 6.45) is 6.66. The summed E-state index contributed by atoms with van der Waals surface area (Å²) >= 11 is 0. The van der Waals surface area contributed by atoms with Gasteiger partial charge in [0.1, 0.15) is 0 Å². The second kappa shape index (κ2) is 8.08. The summed E-state index contributed by atoms with van der Waals surface area (Å²) in [5.41, 5.74) is 1.28. The van der Waals surface area contributed by atoms with Crippen LogP contribution in [-0.4, -0.2) is 34.3 Å². The molecule has 1 aliphatic rings. The maximum Gasteiger partial charge on any atom is 0.247 e. The molecule has 0 bridgehead atoms. The Balaban J connectivity index is 1.80. The number of nitrogens with zero attached hydrogens (tertiary/aromatic N) is 5. The van der Waals surface area contributed by atoms with Gasteiger partial charge >= 0.3 is 0 Å². The second-order valence-electron chi connectivity index (χ2n) is 6.37. The van der Waals surface area contributed by atoms with Crippen LogP contribution < -0.4 is 9.80 Å². The number of benzene rings is 1. The van der Waals surface area contributed by atoms with Crippen molar-refractivity contribution in [3.63, 3.8) is 0 Å². The molecule has 1 fully saturated rings. The van der Waals surface area contributed by atoms with Gasteiger partial charge in [-0.1, -0.05) is 37.3 Å². The highest BCUT2D eigenvalue weighted by Crippen LogP contribution is 2.24. The first-order chi connectivity index (χ1) is 11.8. The predicted molar refractivity (Wildman–Crippen MR) is 98.3 cm³/mol. The number of aromatic nitrogens is 3. The summed E-state index contributed by atoms with van der Waals surface area (Å²) in [6.45, 7) is 7.17. The molecule has 1 aliphatic heterocycles. The summed E-state index contributed by atoms with van der Waals surface area (Å²) < 4.78 is 0. The van der Waals surface area contributed by atoms with Gasteiger partial charge in [0.2, 0.25) is 5.95 Å². The smallest absolute Gasteiger partial charge is 0.247 e. The maximum absolute atomic E-state index is 4.84. The van der Waals surface area contributed by atoms with E-state index in [0.717, 1.165) is 37.8 Å². The molecule has 1 aromatic carbocycles. The van der Waals surface area contributed by atoms with Gasteiger partial charge in [-0.05, 0) is 38.2 Å². The molecule has 1 unspecified atom stereocenters. The van der Waals surface area contributed by atoms with Crippen LogP contribution in [0.2, 0.25) is 0 Å². The zero-order valence-electron chi connectivity index (χ0n) is 14.7. The number of piperidine rings is 1. The highest BCUT2D eigenvalue weighted by atomic mass is 15.4. The van der Waals surface area contributed by atoms with Crippen molar-refractivity contribution in [3.8, 4) is 0 Å². The van der Waals surface area contributed by atoms with E-state index in [1.165, 1.54) is 24.8 Å².